The second-order valence-electron chi connectivity index (χ2n) is 12.4. The molecule has 3 aliphatic heterocycles. The molecule has 3 aliphatic rings. The van der Waals surface area contributed by atoms with Gasteiger partial charge < -0.3 is 24.4 Å². The average Bonchev–Trinajstić information content (AvgIpc) is 3.38. The van der Waals surface area contributed by atoms with E-state index in [-0.39, 0.29) is 0 Å². The molecule has 15 heteroatoms. The first-order valence-electron chi connectivity index (χ1n) is 15.4. The highest BCUT2D eigenvalue weighted by Crippen LogP contribution is 2.65. The molecule has 2 atom stereocenters. The summed E-state index contributed by atoms with van der Waals surface area (Å²) in [5.74, 6) is -9.01. The zero-order valence-electron chi connectivity index (χ0n) is 26.3. The lowest BCUT2D eigenvalue weighted by Crippen LogP contribution is -2.48. The molecule has 0 fully saturated rings. The first-order chi connectivity index (χ1) is 25.0. The van der Waals surface area contributed by atoms with E-state index in [1.807, 2.05) is 0 Å². The van der Waals surface area contributed by atoms with Gasteiger partial charge in [-0.1, -0.05) is 60.7 Å². The number of carbonyl (C=O) groups excluding carboxylic acids is 2. The number of alkyl halides is 6. The normalized spacial score (nSPS) is 19.7. The van der Waals surface area contributed by atoms with Crippen LogP contribution in [-0.2, 0) is 15.6 Å². The van der Waals surface area contributed by atoms with Crippen LogP contribution in [0.15, 0.2) is 97.1 Å². The molecule has 53 heavy (non-hydrogen) atoms. The molecule has 5 aromatic carbocycles. The van der Waals surface area contributed by atoms with Crippen molar-refractivity contribution in [2.24, 2.45) is 0 Å². The van der Waals surface area contributed by atoms with E-state index in [0.29, 0.717) is 24.3 Å². The highest BCUT2D eigenvalue weighted by atomic mass is 19.4. The van der Waals surface area contributed by atoms with Crippen molar-refractivity contribution in [2.45, 2.75) is 23.2 Å². The standard InChI is InChI=1S/C38H18F6O9/c39-37(40,41)35(17-7-3-1-4-8-17)23-11-19(31(45)46)20(32(47)48)13-27(23)51-29-16-26-30(15-25(29)35)52-28-14-22-21(33(49)53-34(22)50)12-24(28)36(26,38(42,43)44)18-9-5-2-6-10-18/h1-16H,(H,45,46)(H,47,48). The largest absolute Gasteiger partial charge is 0.478 e. The van der Waals surface area contributed by atoms with E-state index in [2.05, 4.69) is 4.74 Å². The number of benzene rings is 5. The molecule has 0 saturated heterocycles. The van der Waals surface area contributed by atoms with Crippen LogP contribution in [-0.4, -0.2) is 46.4 Å². The van der Waals surface area contributed by atoms with Crippen LogP contribution >= 0.6 is 0 Å². The van der Waals surface area contributed by atoms with Crippen molar-refractivity contribution in [3.8, 4) is 23.0 Å². The molecule has 0 spiro atoms. The molecule has 2 unspecified atom stereocenters. The van der Waals surface area contributed by atoms with E-state index in [1.54, 1.807) is 0 Å². The Morgan fingerprint density at radius 1 is 0.491 bits per heavy atom. The number of hydrogen-bond acceptors (Lipinski definition) is 7. The number of esters is 2. The maximum Gasteiger partial charge on any atom is 0.406 e. The Hall–Kier alpha value is -6.64. The molecule has 8 rings (SSSR count). The average molecular weight is 733 g/mol. The van der Waals surface area contributed by atoms with Gasteiger partial charge >= 0.3 is 36.2 Å². The summed E-state index contributed by atoms with van der Waals surface area (Å²) in [6.45, 7) is 0. The van der Waals surface area contributed by atoms with Crippen molar-refractivity contribution in [1.82, 2.24) is 0 Å². The van der Waals surface area contributed by atoms with Crippen LogP contribution in [0, 0.1) is 0 Å². The molecule has 0 saturated carbocycles. The smallest absolute Gasteiger partial charge is 0.406 e. The molecule has 0 aliphatic carbocycles. The molecular formula is C38H18F6O9. The summed E-state index contributed by atoms with van der Waals surface area (Å²) in [6.07, 6.45) is -10.7. The van der Waals surface area contributed by atoms with Crippen LogP contribution < -0.4 is 9.47 Å². The van der Waals surface area contributed by atoms with Gasteiger partial charge in [0, 0.05) is 22.3 Å². The Labute approximate surface area is 292 Å². The van der Waals surface area contributed by atoms with E-state index < -0.39 is 126 Å². The van der Waals surface area contributed by atoms with Gasteiger partial charge in [0.25, 0.3) is 0 Å². The minimum absolute atomic E-state index is 0.430. The van der Waals surface area contributed by atoms with Gasteiger partial charge in [-0.05, 0) is 47.5 Å². The zero-order valence-corrected chi connectivity index (χ0v) is 26.3. The number of fused-ring (bicyclic) bond motifs is 5. The lowest BCUT2D eigenvalue weighted by molar-refractivity contribution is -0.170. The van der Waals surface area contributed by atoms with Crippen molar-refractivity contribution in [3.63, 3.8) is 0 Å². The highest BCUT2D eigenvalue weighted by molar-refractivity contribution is 6.15. The van der Waals surface area contributed by atoms with Crippen molar-refractivity contribution in [2.75, 3.05) is 0 Å². The van der Waals surface area contributed by atoms with E-state index in [1.165, 1.54) is 36.4 Å². The summed E-state index contributed by atoms with van der Waals surface area (Å²) in [5.41, 5.74) is -13.6. The predicted molar refractivity (Wildman–Crippen MR) is 168 cm³/mol. The van der Waals surface area contributed by atoms with Crippen LogP contribution in [0.25, 0.3) is 0 Å². The van der Waals surface area contributed by atoms with Crippen molar-refractivity contribution in [1.29, 1.82) is 0 Å². The van der Waals surface area contributed by atoms with E-state index >= 15 is 26.3 Å². The van der Waals surface area contributed by atoms with Crippen molar-refractivity contribution >= 4 is 23.9 Å². The Balaban J connectivity index is 1.53. The van der Waals surface area contributed by atoms with Gasteiger partial charge in [0.15, 0.2) is 0 Å². The number of ether oxygens (including phenoxy) is 3. The summed E-state index contributed by atoms with van der Waals surface area (Å²) in [4.78, 5) is 49.4. The summed E-state index contributed by atoms with van der Waals surface area (Å²) >= 11 is 0. The van der Waals surface area contributed by atoms with Gasteiger partial charge in [-0.3, -0.25) is 0 Å². The molecule has 5 aromatic rings. The monoisotopic (exact) mass is 732 g/mol. The Kier molecular flexibility index (Phi) is 6.91. The fourth-order valence-electron chi connectivity index (χ4n) is 7.58. The second-order valence-corrected chi connectivity index (χ2v) is 12.4. The predicted octanol–water partition coefficient (Wildman–Crippen LogP) is 8.40. The summed E-state index contributed by atoms with van der Waals surface area (Å²) in [5, 5.41) is 19.7. The molecular weight excluding hydrogens is 714 g/mol. The SMILES string of the molecule is O=C(O)c1cc2c(cc1C(=O)O)C(c1ccccc1)(C(F)(F)F)c1cc3c(cc1O2)C(c1ccccc1)(C(F)(F)F)c1cc2c(cc1O3)C(=O)OC2=O. The zero-order chi connectivity index (χ0) is 37.8. The summed E-state index contributed by atoms with van der Waals surface area (Å²) in [7, 11) is 0. The molecule has 3 heterocycles. The number of cyclic esters (lactones) is 2. The van der Waals surface area contributed by atoms with Crippen molar-refractivity contribution in [3.05, 3.63) is 153 Å². The van der Waals surface area contributed by atoms with Gasteiger partial charge in [0.1, 0.15) is 33.8 Å². The minimum Gasteiger partial charge on any atom is -0.478 e. The third kappa shape index (κ3) is 4.39. The van der Waals surface area contributed by atoms with Crippen LogP contribution in [0.2, 0.25) is 0 Å². The van der Waals surface area contributed by atoms with E-state index in [4.69, 9.17) is 9.47 Å². The summed E-state index contributed by atoms with van der Waals surface area (Å²) < 4.78 is 113. The Morgan fingerprint density at radius 3 is 1.28 bits per heavy atom. The van der Waals surface area contributed by atoms with Gasteiger partial charge in [-0.15, -0.1) is 0 Å². The first kappa shape index (κ1) is 33.5. The maximum atomic E-state index is 16.1. The van der Waals surface area contributed by atoms with E-state index in [9.17, 15) is 29.4 Å². The number of hydrogen-bond donors (Lipinski definition) is 2. The third-order valence-corrected chi connectivity index (χ3v) is 9.73. The van der Waals surface area contributed by atoms with Crippen molar-refractivity contribution < 1.29 is 69.9 Å². The topological polar surface area (TPSA) is 136 Å². The van der Waals surface area contributed by atoms with Gasteiger partial charge in [-0.25, -0.2) is 19.2 Å². The number of halogens is 6. The molecule has 266 valence electrons. The lowest BCUT2D eigenvalue weighted by Gasteiger charge is -2.45. The van der Waals surface area contributed by atoms with Gasteiger partial charge in [0.2, 0.25) is 0 Å². The number of carboxylic acids is 2. The number of rotatable bonds is 4. The quantitative estimate of drug-likeness (QED) is 0.106. The summed E-state index contributed by atoms with van der Waals surface area (Å²) in [6, 6.07) is 16.5. The third-order valence-electron chi connectivity index (χ3n) is 9.73. The number of aromatic carboxylic acids is 2. The minimum atomic E-state index is -5.39. The molecule has 2 N–H and O–H groups in total. The van der Waals surface area contributed by atoms with Gasteiger partial charge in [0.05, 0.1) is 22.3 Å². The van der Waals surface area contributed by atoms with Crippen LogP contribution in [0.5, 0.6) is 23.0 Å². The molecule has 9 nitrogen and oxygen atoms in total. The maximum absolute atomic E-state index is 16.1. The van der Waals surface area contributed by atoms with Gasteiger partial charge in [-0.2, -0.15) is 26.3 Å². The molecule has 0 bridgehead atoms. The lowest BCUT2D eigenvalue weighted by atomic mass is 9.63. The first-order valence-corrected chi connectivity index (χ1v) is 15.4. The Bertz CT molecular complexity index is 2460. The number of carboxylic acid groups (broad SMARTS) is 2. The highest BCUT2D eigenvalue weighted by Gasteiger charge is 2.66. The fourth-order valence-corrected chi connectivity index (χ4v) is 7.58. The van der Waals surface area contributed by atoms with Crippen LogP contribution in [0.3, 0.4) is 0 Å². The molecule has 0 amide bonds. The fraction of sp³-hybridized carbons (Fsp3) is 0.105. The van der Waals surface area contributed by atoms with Crippen LogP contribution in [0.4, 0.5) is 26.3 Å². The molecule has 0 aromatic heterocycles. The molecule has 0 radical (unpaired) electrons. The Morgan fingerprint density at radius 2 is 0.849 bits per heavy atom. The van der Waals surface area contributed by atoms with E-state index in [0.717, 1.165) is 36.4 Å². The van der Waals surface area contributed by atoms with Crippen LogP contribution in [0.1, 0.15) is 74.8 Å². The number of carbonyl (C=O) groups is 4. The second kappa shape index (κ2) is 10.9.